The number of fused-ring (bicyclic) bond motifs is 4. The van der Waals surface area contributed by atoms with Crippen LogP contribution >= 0.6 is 0 Å². The van der Waals surface area contributed by atoms with E-state index in [9.17, 15) is 13.7 Å². The number of benzene rings is 11. The lowest BCUT2D eigenvalue weighted by Crippen LogP contribution is -2.74. The van der Waals surface area contributed by atoms with Gasteiger partial charge in [0.1, 0.15) is 17.3 Å². The summed E-state index contributed by atoms with van der Waals surface area (Å²) in [4.78, 5) is 4.68. The molecular weight excluding hydrogens is 1040 g/mol. The Morgan fingerprint density at radius 1 is 0.500 bits per heavy atom. The predicted molar refractivity (Wildman–Crippen MR) is 350 cm³/mol. The summed E-state index contributed by atoms with van der Waals surface area (Å²) in [5, 5.41) is -2.87. The minimum Gasteiger partial charge on any atom is -0.458 e. The lowest BCUT2D eigenvalue weighted by molar-refractivity contribution is -0.572. The van der Waals surface area contributed by atoms with Crippen molar-refractivity contribution in [3.05, 3.63) is 308 Å². The number of hydrogen-bond acceptors (Lipinski definition) is 2. The van der Waals surface area contributed by atoms with Gasteiger partial charge in [-0.2, -0.15) is 0 Å². The Hall–Kier alpha value is -10.1. The molecule has 0 aliphatic heterocycles. The molecule has 0 saturated carbocycles. The van der Waals surface area contributed by atoms with Crippen molar-refractivity contribution in [2.75, 3.05) is 0 Å². The van der Waals surface area contributed by atoms with Crippen molar-refractivity contribution in [3.8, 4) is 62.1 Å². The SMILES string of the molecule is [2H]c1c([2H])c([2H])c(-c2ccc3c(c2)n(-c2cccc(Oc4ccc5c6ccccc6n(-c6cc(C([2H])([2H])[2H])c(-c7c([2H])c([2H])c([2H])c([2H])c7C([2H])([2H])[2H])cn6)c5c4)c2)[c-][n+]3-c2c(-c3c([2H])c([2H])c([2H])c([Si](c4c([2H])c([2H])c([2H])c([2H])c4[2H])(c4c([2H])c([2H])c([2H])c([2H])c4[2H])c4c([2H])c([2H])c([2H])c([2H])c4[2H])c3[2H])cccc2C(C)(C)C)c([2H])c1[2H]. The van der Waals surface area contributed by atoms with Crippen LogP contribution in [-0.4, -0.2) is 22.2 Å². The second-order valence-corrected chi connectivity index (χ2v) is 23.9. The first-order valence-corrected chi connectivity index (χ1v) is 28.1. The normalized spacial score (nSPS) is 17.9. The van der Waals surface area contributed by atoms with Crippen LogP contribution in [0.1, 0.15) is 84.1 Å². The van der Waals surface area contributed by atoms with E-state index >= 15 is 0 Å². The molecule has 0 aliphatic rings. The molecule has 404 valence electrons. The predicted octanol–water partition coefficient (Wildman–Crippen LogP) is 16.3. The summed E-state index contributed by atoms with van der Waals surface area (Å²) in [5.41, 5.74) is -2.33. The first-order valence-electron chi connectivity index (χ1n) is 43.1. The smallest absolute Gasteiger partial charge is 0.269 e. The summed E-state index contributed by atoms with van der Waals surface area (Å²) in [5.74, 6) is 0.307. The molecule has 14 aromatic rings. The van der Waals surface area contributed by atoms with Gasteiger partial charge in [-0.05, 0) is 133 Å². The fourth-order valence-electron chi connectivity index (χ4n) is 10.7. The summed E-state index contributed by atoms with van der Waals surface area (Å²) in [7, 11) is -6.36. The molecule has 84 heavy (non-hydrogen) atoms. The number of pyridine rings is 1. The maximum atomic E-state index is 10.9. The molecule has 5 nitrogen and oxygen atoms in total. The van der Waals surface area contributed by atoms with Gasteiger partial charge >= 0.3 is 0 Å². The molecule has 0 amide bonds. The van der Waals surface area contributed by atoms with Gasteiger partial charge in [0.05, 0.1) is 71.8 Å². The number of imidazole rings is 1. The van der Waals surface area contributed by atoms with Crippen LogP contribution in [0, 0.1) is 20.0 Å². The van der Waals surface area contributed by atoms with Gasteiger partial charge in [0.2, 0.25) is 0 Å². The van der Waals surface area contributed by atoms with Crippen molar-refractivity contribution in [3.63, 3.8) is 0 Å². The van der Waals surface area contributed by atoms with E-state index < -0.39 is 239 Å². The Kier molecular flexibility index (Phi) is 6.81. The quantitative estimate of drug-likeness (QED) is 0.0529. The maximum absolute atomic E-state index is 10.9. The fraction of sp³-hybridized carbons (Fsp3) is 0.0769. The van der Waals surface area contributed by atoms with Gasteiger partial charge in [-0.3, -0.25) is 13.7 Å². The van der Waals surface area contributed by atoms with Crippen molar-refractivity contribution in [2.24, 2.45) is 0 Å². The molecule has 0 aliphatic carbocycles. The Balaban J connectivity index is 1.03. The topological polar surface area (TPSA) is 35.9 Å². The third kappa shape index (κ3) is 9.12. The van der Waals surface area contributed by atoms with E-state index in [4.69, 9.17) is 37.6 Å². The molecule has 0 bridgehead atoms. The summed E-state index contributed by atoms with van der Waals surface area (Å²) in [6.07, 6.45) is 4.48. The van der Waals surface area contributed by atoms with Crippen LogP contribution in [0.3, 0.4) is 0 Å². The van der Waals surface area contributed by atoms with E-state index in [1.165, 1.54) is 45.5 Å². The van der Waals surface area contributed by atoms with E-state index in [0.717, 1.165) is 6.20 Å². The Morgan fingerprint density at radius 2 is 1.14 bits per heavy atom. The number of aromatic nitrogens is 4. The average Bonchev–Trinajstić information content (AvgIpc) is 0.859. The second-order valence-electron chi connectivity index (χ2n) is 20.4. The summed E-state index contributed by atoms with van der Waals surface area (Å²) in [6, 6.07) is 0.992. The molecule has 14 rings (SSSR count). The van der Waals surface area contributed by atoms with Gasteiger partial charge in [-0.25, -0.2) is 4.98 Å². The molecule has 0 fully saturated rings. The molecule has 0 saturated heterocycles. The van der Waals surface area contributed by atoms with Gasteiger partial charge in [-0.15, -0.1) is 0 Å². The number of ether oxygens (including phenoxy) is 1. The lowest BCUT2D eigenvalue weighted by atomic mass is 9.83. The summed E-state index contributed by atoms with van der Waals surface area (Å²) < 4.78 is 322. The van der Waals surface area contributed by atoms with Crippen molar-refractivity contribution >= 4 is 61.7 Å². The van der Waals surface area contributed by atoms with E-state index in [1.54, 1.807) is 92.1 Å². The number of aryl methyl sites for hydroxylation is 1. The van der Waals surface area contributed by atoms with E-state index in [2.05, 4.69) is 11.3 Å². The standard InChI is InChI=1S/C78H62N4OSi/c1-54-25-18-19-38-66(54)70-52-79-76(47-55(70)2)82-72-42-21-20-39-68(72)69-45-44-61(51-74(69)82)83-60-30-23-29-59(50-60)80-53-81(73-46-43-57(49-75(73)80)56-26-10-6-11-27-56)77-67(40-24-41-71(77)78(3,4)5)58-28-22-37-65(48-58)84(62-31-12-7-13-32-62,63-33-14-8-15-34-63)64-35-16-9-17-36-64/h6-52H,1-5H3/i1D3,2D3,6D,7D,8D,9D,10D,11D,12D,13D,14D,15D,16D,17D,18D,19D,22D,25D,26D,27D,28D,31D,32D,33D,34D,35D,36D,37D,38D,48D. The highest BCUT2D eigenvalue weighted by Crippen LogP contribution is 2.39. The number of para-hydroxylation sites is 2. The van der Waals surface area contributed by atoms with Crippen LogP contribution in [0.2, 0.25) is 0 Å². The molecule has 3 aromatic heterocycles. The van der Waals surface area contributed by atoms with E-state index in [0.29, 0.717) is 27.4 Å². The molecule has 0 radical (unpaired) electrons. The molecule has 0 N–H and O–H groups in total. The minimum atomic E-state index is -6.36. The van der Waals surface area contributed by atoms with Crippen molar-refractivity contribution in [1.29, 1.82) is 0 Å². The Morgan fingerprint density at radius 3 is 1.87 bits per heavy atom. The summed E-state index contributed by atoms with van der Waals surface area (Å²) in [6.45, 7) is -0.790. The first-order chi connectivity index (χ1) is 55.2. The minimum absolute atomic E-state index is 0.00380. The van der Waals surface area contributed by atoms with Gasteiger partial charge in [0.25, 0.3) is 6.33 Å². The third-order valence-corrected chi connectivity index (χ3v) is 18.4. The number of hydrogen-bond donors (Lipinski definition) is 0. The largest absolute Gasteiger partial charge is 0.458 e. The zero-order chi connectivity index (χ0) is 86.3. The molecule has 0 atom stereocenters. The number of rotatable bonds is 12. The van der Waals surface area contributed by atoms with Crippen LogP contribution < -0.4 is 30.1 Å². The zero-order valence-electron chi connectivity index (χ0n) is 78.7. The average molecular weight is 1130 g/mol. The van der Waals surface area contributed by atoms with Crippen LogP contribution in [0.25, 0.3) is 83.4 Å². The molecule has 0 spiro atoms. The maximum Gasteiger partial charge on any atom is 0.269 e. The van der Waals surface area contributed by atoms with Crippen LogP contribution in [0.15, 0.2) is 285 Å². The highest BCUT2D eigenvalue weighted by molar-refractivity contribution is 7.19. The molecule has 3 heterocycles. The van der Waals surface area contributed by atoms with Crippen LogP contribution in [-0.2, 0) is 5.41 Å². The monoisotopic (exact) mass is 1130 g/mol. The molecule has 11 aromatic carbocycles. The Bertz CT molecular complexity index is 6460. The van der Waals surface area contributed by atoms with Crippen LogP contribution in [0.5, 0.6) is 11.5 Å². The highest BCUT2D eigenvalue weighted by Gasteiger charge is 2.41. The second kappa shape index (κ2) is 21.3. The van der Waals surface area contributed by atoms with Gasteiger partial charge in [-0.1, -0.05) is 245 Å². The zero-order valence-corrected chi connectivity index (χ0v) is 45.7. The van der Waals surface area contributed by atoms with Gasteiger partial charge < -0.3 is 4.74 Å². The van der Waals surface area contributed by atoms with E-state index in [1.807, 2.05) is 6.07 Å². The van der Waals surface area contributed by atoms with Crippen molar-refractivity contribution < 1.29 is 55.9 Å². The van der Waals surface area contributed by atoms with E-state index in [-0.39, 0.29) is 62.0 Å². The fourth-order valence-corrected chi connectivity index (χ4v) is 14.3. The molecule has 0 unspecified atom stereocenters. The molecular formula is C78H62N4OSi. The third-order valence-electron chi connectivity index (χ3n) is 14.4. The van der Waals surface area contributed by atoms with Crippen molar-refractivity contribution in [2.45, 2.75) is 39.9 Å². The van der Waals surface area contributed by atoms with Gasteiger partial charge in [0.15, 0.2) is 8.07 Å². The highest BCUT2D eigenvalue weighted by atomic mass is 28.3. The Labute approximate surface area is 540 Å². The van der Waals surface area contributed by atoms with Crippen LogP contribution in [0.4, 0.5) is 0 Å². The summed E-state index contributed by atoms with van der Waals surface area (Å²) >= 11 is 0. The van der Waals surface area contributed by atoms with Crippen molar-refractivity contribution in [1.82, 2.24) is 14.1 Å². The lowest BCUT2D eigenvalue weighted by Gasteiger charge is -2.35. The first kappa shape index (κ1) is 26.8. The molecule has 6 heteroatoms. The number of nitrogens with zero attached hydrogens (tertiary/aromatic N) is 4. The van der Waals surface area contributed by atoms with Gasteiger partial charge in [0, 0.05) is 36.8 Å².